The van der Waals surface area contributed by atoms with Gasteiger partial charge in [-0.25, -0.2) is 17.6 Å². The quantitative estimate of drug-likeness (QED) is 0.629. The molecule has 0 heterocycles. The fourth-order valence-electron chi connectivity index (χ4n) is 2.54. The van der Waals surface area contributed by atoms with Crippen molar-refractivity contribution in [2.24, 2.45) is 0 Å². The van der Waals surface area contributed by atoms with Gasteiger partial charge < -0.3 is 9.84 Å². The molecule has 152 valence electrons. The molecule has 0 spiro atoms. The Bertz CT molecular complexity index is 974. The van der Waals surface area contributed by atoms with E-state index in [0.717, 1.165) is 11.8 Å². The third kappa shape index (κ3) is 6.54. The van der Waals surface area contributed by atoms with Crippen LogP contribution in [-0.2, 0) is 27.8 Å². The minimum absolute atomic E-state index is 0.0553. The SMILES string of the molecule is Cc1cc(COc2c(Cl)cc(CC(F)C(=O)O)cc2Cl)cc(NS(C)(=O)=O)c1. The van der Waals surface area contributed by atoms with Gasteiger partial charge in [0.05, 0.1) is 16.3 Å². The fourth-order valence-corrected chi connectivity index (χ4v) is 3.72. The topological polar surface area (TPSA) is 92.7 Å². The Morgan fingerprint density at radius 3 is 2.32 bits per heavy atom. The minimum atomic E-state index is -3.42. The lowest BCUT2D eigenvalue weighted by molar-refractivity contribution is -0.142. The average Bonchev–Trinajstić information content (AvgIpc) is 2.51. The number of sulfonamides is 1. The number of ether oxygens (including phenoxy) is 1. The summed E-state index contributed by atoms with van der Waals surface area (Å²) in [6.07, 6.45) is -1.38. The van der Waals surface area contributed by atoms with Gasteiger partial charge in [-0.3, -0.25) is 4.72 Å². The number of hydrogen-bond acceptors (Lipinski definition) is 4. The van der Waals surface area contributed by atoms with E-state index in [9.17, 15) is 17.6 Å². The molecule has 2 aromatic carbocycles. The van der Waals surface area contributed by atoms with Crippen LogP contribution in [0.15, 0.2) is 30.3 Å². The fraction of sp³-hybridized carbons (Fsp3) is 0.278. The predicted octanol–water partition coefficient (Wildman–Crippen LogP) is 4.22. The van der Waals surface area contributed by atoms with Crippen LogP contribution < -0.4 is 9.46 Å². The van der Waals surface area contributed by atoms with Crippen LogP contribution in [-0.4, -0.2) is 31.9 Å². The number of rotatable bonds is 8. The summed E-state index contributed by atoms with van der Waals surface area (Å²) in [6.45, 7) is 1.86. The van der Waals surface area contributed by atoms with E-state index < -0.39 is 22.2 Å². The molecule has 1 atom stereocenters. The number of alkyl halides is 1. The molecule has 10 heteroatoms. The van der Waals surface area contributed by atoms with E-state index in [4.69, 9.17) is 33.0 Å². The number of hydrogen-bond donors (Lipinski definition) is 2. The van der Waals surface area contributed by atoms with Crippen LogP contribution in [0.3, 0.4) is 0 Å². The zero-order valence-electron chi connectivity index (χ0n) is 15.0. The molecule has 0 saturated carbocycles. The molecule has 6 nitrogen and oxygen atoms in total. The largest absolute Gasteiger partial charge is 0.486 e. The van der Waals surface area contributed by atoms with Crippen molar-refractivity contribution in [2.75, 3.05) is 11.0 Å². The summed E-state index contributed by atoms with van der Waals surface area (Å²) in [7, 11) is -3.42. The van der Waals surface area contributed by atoms with Gasteiger partial charge in [0.2, 0.25) is 16.2 Å². The number of benzene rings is 2. The molecule has 0 radical (unpaired) electrons. The van der Waals surface area contributed by atoms with E-state index >= 15 is 0 Å². The number of aliphatic carboxylic acids is 1. The summed E-state index contributed by atoms with van der Waals surface area (Å²) in [5, 5.41) is 8.88. The lowest BCUT2D eigenvalue weighted by atomic mass is 10.1. The maximum Gasteiger partial charge on any atom is 0.338 e. The molecule has 0 saturated heterocycles. The molecule has 1 unspecified atom stereocenters. The van der Waals surface area contributed by atoms with Crippen LogP contribution in [0.1, 0.15) is 16.7 Å². The first-order valence-electron chi connectivity index (χ1n) is 8.00. The Balaban J connectivity index is 2.17. The monoisotopic (exact) mass is 449 g/mol. The lowest BCUT2D eigenvalue weighted by Crippen LogP contribution is -2.17. The number of nitrogens with one attached hydrogen (secondary N) is 1. The summed E-state index contributed by atoms with van der Waals surface area (Å²) in [5.41, 5.74) is 2.23. The van der Waals surface area contributed by atoms with Crippen molar-refractivity contribution in [3.8, 4) is 5.75 Å². The molecule has 0 fully saturated rings. The number of carboxylic acid groups (broad SMARTS) is 1. The van der Waals surface area contributed by atoms with Crippen LogP contribution in [0.5, 0.6) is 5.75 Å². The third-order valence-corrected chi connectivity index (χ3v) is 4.73. The summed E-state index contributed by atoms with van der Waals surface area (Å²) in [5.74, 6) is -1.40. The minimum Gasteiger partial charge on any atom is -0.486 e. The molecule has 2 rings (SSSR count). The van der Waals surface area contributed by atoms with Crippen molar-refractivity contribution in [1.29, 1.82) is 0 Å². The van der Waals surface area contributed by atoms with Gasteiger partial charge in [0.15, 0.2) is 5.75 Å². The molecule has 0 aliphatic rings. The highest BCUT2D eigenvalue weighted by atomic mass is 35.5. The van der Waals surface area contributed by atoms with Crippen molar-refractivity contribution in [3.05, 3.63) is 57.1 Å². The number of halogens is 3. The van der Waals surface area contributed by atoms with Crippen LogP contribution in [0.2, 0.25) is 10.0 Å². The second-order valence-electron chi connectivity index (χ2n) is 6.27. The van der Waals surface area contributed by atoms with E-state index in [2.05, 4.69) is 4.72 Å². The molecule has 0 aromatic heterocycles. The van der Waals surface area contributed by atoms with Crippen molar-refractivity contribution < 1.29 is 27.4 Å². The maximum absolute atomic E-state index is 13.4. The normalized spacial score (nSPS) is 12.5. The Hall–Kier alpha value is -2.03. The number of anilines is 1. The summed E-state index contributed by atoms with van der Waals surface area (Å²) < 4.78 is 44.2. The number of carboxylic acids is 1. The van der Waals surface area contributed by atoms with Crippen molar-refractivity contribution in [3.63, 3.8) is 0 Å². The molecule has 28 heavy (non-hydrogen) atoms. The van der Waals surface area contributed by atoms with Gasteiger partial charge in [-0.2, -0.15) is 0 Å². The van der Waals surface area contributed by atoms with Gasteiger partial charge in [-0.1, -0.05) is 29.3 Å². The van der Waals surface area contributed by atoms with E-state index in [1.807, 2.05) is 13.0 Å². The maximum atomic E-state index is 13.4. The highest BCUT2D eigenvalue weighted by Gasteiger charge is 2.18. The predicted molar refractivity (Wildman–Crippen MR) is 107 cm³/mol. The van der Waals surface area contributed by atoms with Gasteiger partial charge >= 0.3 is 5.97 Å². The van der Waals surface area contributed by atoms with Gasteiger partial charge in [0.1, 0.15) is 6.61 Å². The Morgan fingerprint density at radius 2 is 1.79 bits per heavy atom. The third-order valence-electron chi connectivity index (χ3n) is 3.56. The molecular weight excluding hydrogens is 432 g/mol. The zero-order chi connectivity index (χ0) is 21.1. The first-order valence-corrected chi connectivity index (χ1v) is 10.7. The second kappa shape index (κ2) is 8.98. The Labute approximate surface area is 172 Å². The second-order valence-corrected chi connectivity index (χ2v) is 8.83. The van der Waals surface area contributed by atoms with Gasteiger partial charge in [-0.15, -0.1) is 0 Å². The number of aryl methyl sites for hydroxylation is 1. The lowest BCUT2D eigenvalue weighted by Gasteiger charge is -2.14. The van der Waals surface area contributed by atoms with Crippen LogP contribution in [0, 0.1) is 6.92 Å². The molecule has 2 N–H and O–H groups in total. The van der Waals surface area contributed by atoms with E-state index in [-0.39, 0.29) is 28.8 Å². The smallest absolute Gasteiger partial charge is 0.338 e. The first kappa shape index (κ1) is 22.3. The molecule has 2 aromatic rings. The summed E-state index contributed by atoms with van der Waals surface area (Å²) in [4.78, 5) is 10.6. The van der Waals surface area contributed by atoms with E-state index in [1.54, 1.807) is 12.1 Å². The molecule has 0 aliphatic heterocycles. The van der Waals surface area contributed by atoms with E-state index in [1.165, 1.54) is 12.1 Å². The zero-order valence-corrected chi connectivity index (χ0v) is 17.3. The Kier molecular flexibility index (Phi) is 7.14. The molecule has 0 amide bonds. The van der Waals surface area contributed by atoms with Crippen LogP contribution in [0.4, 0.5) is 10.1 Å². The van der Waals surface area contributed by atoms with Crippen molar-refractivity contribution >= 4 is 44.9 Å². The van der Waals surface area contributed by atoms with E-state index in [0.29, 0.717) is 16.8 Å². The van der Waals surface area contributed by atoms with Gasteiger partial charge in [0.25, 0.3) is 0 Å². The summed E-state index contributed by atoms with van der Waals surface area (Å²) >= 11 is 12.3. The molecule has 0 aliphatic carbocycles. The number of carbonyl (C=O) groups is 1. The highest BCUT2D eigenvalue weighted by molar-refractivity contribution is 7.92. The van der Waals surface area contributed by atoms with Gasteiger partial charge in [-0.05, 0) is 47.9 Å². The first-order chi connectivity index (χ1) is 12.9. The molecular formula is C18H18Cl2FNO5S. The average molecular weight is 450 g/mol. The van der Waals surface area contributed by atoms with Crippen molar-refractivity contribution in [2.45, 2.75) is 26.1 Å². The Morgan fingerprint density at radius 1 is 1.18 bits per heavy atom. The van der Waals surface area contributed by atoms with Crippen LogP contribution >= 0.6 is 23.2 Å². The van der Waals surface area contributed by atoms with Crippen LogP contribution in [0.25, 0.3) is 0 Å². The highest BCUT2D eigenvalue weighted by Crippen LogP contribution is 2.35. The van der Waals surface area contributed by atoms with Crippen molar-refractivity contribution in [1.82, 2.24) is 0 Å². The summed E-state index contributed by atoms with van der Waals surface area (Å²) in [6, 6.07) is 7.89. The van der Waals surface area contributed by atoms with Gasteiger partial charge in [0, 0.05) is 12.1 Å². The molecule has 0 bridgehead atoms. The standard InChI is InChI=1S/C18H18Cl2FNO5S/c1-10-3-12(5-13(4-10)22-28(2,25)26)9-27-17-14(19)6-11(7-15(17)20)8-16(21)18(23)24/h3-7,16,22H,8-9H2,1-2H3,(H,23,24).